The van der Waals surface area contributed by atoms with Gasteiger partial charge in [-0.25, -0.2) is 8.42 Å². The fourth-order valence-electron chi connectivity index (χ4n) is 4.55. The van der Waals surface area contributed by atoms with Crippen LogP contribution < -0.4 is 15.4 Å². The van der Waals surface area contributed by atoms with E-state index >= 15 is 0 Å². The van der Waals surface area contributed by atoms with Crippen molar-refractivity contribution in [3.8, 4) is 0 Å². The molecule has 200 valence electrons. The van der Waals surface area contributed by atoms with Gasteiger partial charge in [-0.2, -0.15) is 4.72 Å². The van der Waals surface area contributed by atoms with Crippen molar-refractivity contribution in [2.24, 2.45) is 5.92 Å². The van der Waals surface area contributed by atoms with Gasteiger partial charge in [0, 0.05) is 30.1 Å². The molecule has 0 fully saturated rings. The monoisotopic (exact) mass is 537 g/mol. The van der Waals surface area contributed by atoms with E-state index in [2.05, 4.69) is 15.4 Å². The number of allylic oxidation sites excluding steroid dienone is 2. The predicted octanol–water partition coefficient (Wildman–Crippen LogP) is 4.28. The Balaban J connectivity index is 1.76. The highest BCUT2D eigenvalue weighted by molar-refractivity contribution is 7.91. The molecule has 1 heterocycles. The molecule has 3 aromatic rings. The summed E-state index contributed by atoms with van der Waals surface area (Å²) < 4.78 is 35.7. The largest absolute Gasteiger partial charge is 0.480 e. The van der Waals surface area contributed by atoms with E-state index in [1.54, 1.807) is 52.1 Å². The summed E-state index contributed by atoms with van der Waals surface area (Å²) in [6.45, 7) is 4.94. The third-order valence-corrected chi connectivity index (χ3v) is 8.64. The van der Waals surface area contributed by atoms with Crippen molar-refractivity contribution in [3.63, 3.8) is 0 Å². The van der Waals surface area contributed by atoms with Crippen LogP contribution in [0.3, 0.4) is 0 Å². The molecule has 1 aliphatic carbocycles. The second-order valence-corrected chi connectivity index (χ2v) is 11.5. The van der Waals surface area contributed by atoms with Crippen LogP contribution in [0.5, 0.6) is 0 Å². The number of carboxylic acids is 1. The molecule has 4 rings (SSSR count). The highest BCUT2D eigenvalue weighted by atomic mass is 32.2. The van der Waals surface area contributed by atoms with Gasteiger partial charge in [-0.15, -0.1) is 0 Å². The maximum atomic E-state index is 13.8. The van der Waals surface area contributed by atoms with Crippen LogP contribution >= 0.6 is 0 Å². The Kier molecular flexibility index (Phi) is 7.48. The maximum Gasteiger partial charge on any atom is 0.321 e. The van der Waals surface area contributed by atoms with E-state index in [1.807, 2.05) is 36.4 Å². The number of rotatable bonds is 9. The van der Waals surface area contributed by atoms with Crippen molar-refractivity contribution in [3.05, 3.63) is 83.6 Å². The minimum Gasteiger partial charge on any atom is -0.480 e. The van der Waals surface area contributed by atoms with E-state index in [1.165, 1.54) is 6.08 Å². The Labute approximate surface area is 221 Å². The van der Waals surface area contributed by atoms with Gasteiger partial charge in [-0.3, -0.25) is 9.59 Å². The summed E-state index contributed by atoms with van der Waals surface area (Å²) in [6.07, 6.45) is 4.60. The van der Waals surface area contributed by atoms with Crippen molar-refractivity contribution in [1.82, 2.24) is 10.0 Å². The summed E-state index contributed by atoms with van der Waals surface area (Å²) in [4.78, 5) is 23.4. The zero-order chi connectivity index (χ0) is 27.7. The van der Waals surface area contributed by atoms with Gasteiger partial charge in [0.15, 0.2) is 10.6 Å². The first-order chi connectivity index (χ1) is 18.0. The van der Waals surface area contributed by atoms with Crippen LogP contribution in [0.15, 0.2) is 71.2 Å². The number of carbonyl (C=O) groups excluding carboxylic acids is 1. The predicted molar refractivity (Wildman–Crippen MR) is 147 cm³/mol. The Morgan fingerprint density at radius 3 is 2.37 bits per heavy atom. The number of benzene rings is 2. The van der Waals surface area contributed by atoms with E-state index in [0.717, 1.165) is 16.8 Å². The average Bonchev–Trinajstić information content (AvgIpc) is 3.24. The van der Waals surface area contributed by atoms with Crippen molar-refractivity contribution in [1.29, 1.82) is 0 Å². The number of fused-ring (bicyclic) bond motifs is 1. The fraction of sp³-hybridized carbons (Fsp3) is 0.286. The molecular formula is C28H31N3O6S. The molecule has 2 atom stereocenters. The first-order valence-corrected chi connectivity index (χ1v) is 13.7. The Hall–Kier alpha value is -3.89. The van der Waals surface area contributed by atoms with Crippen LogP contribution in [0.1, 0.15) is 41.9 Å². The summed E-state index contributed by atoms with van der Waals surface area (Å²) in [5, 5.41) is 16.1. The molecular weight excluding hydrogens is 506 g/mol. The number of aliphatic carboxylic acids is 1. The minimum atomic E-state index is -4.45. The zero-order valence-electron chi connectivity index (χ0n) is 21.6. The molecule has 2 aromatic carbocycles. The van der Waals surface area contributed by atoms with E-state index < -0.39 is 38.7 Å². The quantitative estimate of drug-likeness (QED) is 0.320. The van der Waals surface area contributed by atoms with Crippen LogP contribution in [0.25, 0.3) is 16.5 Å². The second-order valence-electron chi connectivity index (χ2n) is 9.57. The summed E-state index contributed by atoms with van der Waals surface area (Å²) in [6, 6.07) is 13.4. The van der Waals surface area contributed by atoms with Crippen molar-refractivity contribution < 1.29 is 27.5 Å². The van der Waals surface area contributed by atoms with Gasteiger partial charge in [0.05, 0.1) is 0 Å². The molecule has 9 nitrogen and oxygen atoms in total. The molecule has 1 aliphatic rings. The molecule has 0 bridgehead atoms. The molecule has 0 saturated carbocycles. The van der Waals surface area contributed by atoms with E-state index in [-0.39, 0.29) is 12.2 Å². The van der Waals surface area contributed by atoms with Crippen LogP contribution in [0.4, 0.5) is 5.69 Å². The minimum absolute atomic E-state index is 0.0258. The van der Waals surface area contributed by atoms with Crippen molar-refractivity contribution in [2.45, 2.75) is 38.1 Å². The van der Waals surface area contributed by atoms with Crippen molar-refractivity contribution in [2.75, 3.05) is 12.4 Å². The molecule has 1 amide bonds. The topological polar surface area (TPSA) is 138 Å². The highest BCUT2D eigenvalue weighted by Gasteiger charge is 2.46. The summed E-state index contributed by atoms with van der Waals surface area (Å²) >= 11 is 0. The first kappa shape index (κ1) is 27.2. The number of carbonyl (C=O) groups is 2. The number of carboxylic acid groups (broad SMARTS) is 1. The first-order valence-electron chi connectivity index (χ1n) is 12.2. The number of hydrogen-bond acceptors (Lipinski definition) is 6. The van der Waals surface area contributed by atoms with Crippen LogP contribution in [-0.2, 0) is 14.8 Å². The summed E-state index contributed by atoms with van der Waals surface area (Å²) in [5.74, 6) is -2.60. The lowest BCUT2D eigenvalue weighted by Gasteiger charge is -2.34. The molecule has 10 heteroatoms. The maximum absolute atomic E-state index is 13.8. The number of amides is 1. The Bertz CT molecular complexity index is 1540. The molecule has 0 spiro atoms. The lowest BCUT2D eigenvalue weighted by molar-refractivity contribution is -0.140. The van der Waals surface area contributed by atoms with Crippen LogP contribution in [-0.4, -0.2) is 43.4 Å². The summed E-state index contributed by atoms with van der Waals surface area (Å²) in [5.41, 5.74) is 3.45. The SMILES string of the molecule is CNc1cccc2oc(C(=O)NC3(S(=O)(=O)N[C@H](C(=O)O)C(C)C)C=CC(c4ccccc4)=CC3)c(C)c12. The van der Waals surface area contributed by atoms with Gasteiger partial charge in [-0.1, -0.05) is 62.4 Å². The smallest absolute Gasteiger partial charge is 0.321 e. The van der Waals surface area contributed by atoms with Gasteiger partial charge in [0.25, 0.3) is 5.91 Å². The number of nitrogens with one attached hydrogen (secondary N) is 3. The molecule has 0 aliphatic heterocycles. The average molecular weight is 538 g/mol. The number of sulfonamides is 1. The number of hydrogen-bond donors (Lipinski definition) is 4. The Morgan fingerprint density at radius 2 is 1.79 bits per heavy atom. The van der Waals surface area contributed by atoms with Gasteiger partial charge in [-0.05, 0) is 42.2 Å². The molecule has 38 heavy (non-hydrogen) atoms. The number of aryl methyl sites for hydroxylation is 1. The molecule has 1 aromatic heterocycles. The van der Waals surface area contributed by atoms with Gasteiger partial charge in [0.2, 0.25) is 10.0 Å². The highest BCUT2D eigenvalue weighted by Crippen LogP contribution is 2.34. The van der Waals surface area contributed by atoms with Gasteiger partial charge in [0.1, 0.15) is 11.6 Å². The van der Waals surface area contributed by atoms with E-state index in [4.69, 9.17) is 4.42 Å². The second kappa shape index (κ2) is 10.5. The van der Waals surface area contributed by atoms with E-state index in [9.17, 15) is 23.1 Å². The zero-order valence-corrected chi connectivity index (χ0v) is 22.4. The number of anilines is 1. The molecule has 4 N–H and O–H groups in total. The fourth-order valence-corrected chi connectivity index (χ4v) is 6.24. The summed E-state index contributed by atoms with van der Waals surface area (Å²) in [7, 11) is -2.69. The molecule has 1 unspecified atom stereocenters. The lowest BCUT2D eigenvalue weighted by atomic mass is 9.96. The van der Waals surface area contributed by atoms with Gasteiger partial charge >= 0.3 is 5.97 Å². The van der Waals surface area contributed by atoms with Crippen LogP contribution in [0, 0.1) is 12.8 Å². The Morgan fingerprint density at radius 1 is 1.08 bits per heavy atom. The standard InChI is InChI=1S/C28H31N3O6S/c1-17(2)24(27(33)34)31-38(35,36)28(15-13-20(14-16-28)19-9-6-5-7-10-19)30-26(32)25-18(3)23-21(29-4)11-8-12-22(23)37-25/h5-15,17,24,29,31H,16H2,1-4H3,(H,30,32)(H,33,34)/t24-,28?/m0/s1. The number of furan rings is 1. The third-order valence-electron chi connectivity index (χ3n) is 6.71. The molecule has 0 radical (unpaired) electrons. The lowest BCUT2D eigenvalue weighted by Crippen LogP contribution is -2.60. The third kappa shape index (κ3) is 4.97. The van der Waals surface area contributed by atoms with Crippen LogP contribution in [0.2, 0.25) is 0 Å². The van der Waals surface area contributed by atoms with Gasteiger partial charge < -0.3 is 20.2 Å². The van der Waals surface area contributed by atoms with E-state index in [0.29, 0.717) is 16.5 Å². The van der Waals surface area contributed by atoms with Crippen molar-refractivity contribution >= 4 is 44.1 Å². The normalized spacial score (nSPS) is 18.3. The molecule has 0 saturated heterocycles.